The van der Waals surface area contributed by atoms with Crippen LogP contribution in [0, 0.1) is 0 Å². The lowest BCUT2D eigenvalue weighted by Gasteiger charge is -2.31. The highest BCUT2D eigenvalue weighted by molar-refractivity contribution is 7.89. The molecule has 3 rings (SSSR count). The lowest BCUT2D eigenvalue weighted by atomic mass is 9.92. The molecule has 0 saturated carbocycles. The second-order valence-corrected chi connectivity index (χ2v) is 6.85. The van der Waals surface area contributed by atoms with Crippen LogP contribution in [0.2, 0.25) is 0 Å². The van der Waals surface area contributed by atoms with Crippen LogP contribution in [0.25, 0.3) is 0 Å². The van der Waals surface area contributed by atoms with Crippen molar-refractivity contribution in [2.24, 2.45) is 0 Å². The summed E-state index contributed by atoms with van der Waals surface area (Å²) >= 11 is 0. The summed E-state index contributed by atoms with van der Waals surface area (Å²) in [6, 6.07) is 3.91. The minimum Gasteiger partial charge on any atom is -0.284 e. The molecule has 7 heteroatoms. The molecule has 1 N–H and O–H groups in total. The van der Waals surface area contributed by atoms with E-state index in [2.05, 4.69) is 15.2 Å². The van der Waals surface area contributed by atoms with E-state index < -0.39 is 10.0 Å². The van der Waals surface area contributed by atoms with Gasteiger partial charge in [0.1, 0.15) is 4.90 Å². The summed E-state index contributed by atoms with van der Waals surface area (Å²) in [5.41, 5.74) is 1.15. The van der Waals surface area contributed by atoms with E-state index in [4.69, 9.17) is 0 Å². The van der Waals surface area contributed by atoms with Crippen molar-refractivity contribution >= 4 is 10.0 Å². The highest BCUT2D eigenvalue weighted by Crippen LogP contribution is 2.29. The average molecular weight is 292 g/mol. The molecule has 20 heavy (non-hydrogen) atoms. The number of sulfonamides is 1. The van der Waals surface area contributed by atoms with Gasteiger partial charge in [-0.1, -0.05) is 0 Å². The van der Waals surface area contributed by atoms with E-state index in [1.165, 1.54) is 12.4 Å². The highest BCUT2D eigenvalue weighted by Gasteiger charge is 2.31. The second-order valence-electron chi connectivity index (χ2n) is 4.92. The van der Waals surface area contributed by atoms with Gasteiger partial charge in [-0.05, 0) is 36.5 Å². The number of aromatic nitrogens is 3. The van der Waals surface area contributed by atoms with Crippen molar-refractivity contribution in [3.8, 4) is 0 Å². The fourth-order valence-electron chi connectivity index (χ4n) is 2.60. The number of hydrogen-bond donors (Lipinski definition) is 1. The van der Waals surface area contributed by atoms with E-state index in [0.717, 1.165) is 18.4 Å². The van der Waals surface area contributed by atoms with Gasteiger partial charge in [-0.25, -0.2) is 8.42 Å². The molecule has 1 saturated heterocycles. The molecule has 0 aliphatic carbocycles. The van der Waals surface area contributed by atoms with Gasteiger partial charge in [0.25, 0.3) is 0 Å². The van der Waals surface area contributed by atoms with Gasteiger partial charge in [-0.15, -0.1) is 0 Å². The summed E-state index contributed by atoms with van der Waals surface area (Å²) in [7, 11) is -3.44. The second kappa shape index (κ2) is 5.34. The summed E-state index contributed by atoms with van der Waals surface area (Å²) in [5, 5.41) is 6.28. The number of rotatable bonds is 3. The number of nitrogens with one attached hydrogen (secondary N) is 1. The van der Waals surface area contributed by atoms with E-state index in [1.807, 2.05) is 12.1 Å². The number of aromatic amines is 1. The van der Waals surface area contributed by atoms with Gasteiger partial charge >= 0.3 is 0 Å². The molecular weight excluding hydrogens is 276 g/mol. The van der Waals surface area contributed by atoms with Crippen LogP contribution in [0.3, 0.4) is 0 Å². The normalized spacial score (nSPS) is 20.9. The molecular formula is C13H16N4O2S. The van der Waals surface area contributed by atoms with Gasteiger partial charge in [0, 0.05) is 31.7 Å². The van der Waals surface area contributed by atoms with Crippen LogP contribution in [0.15, 0.2) is 41.8 Å². The first-order chi connectivity index (χ1) is 9.68. The maximum atomic E-state index is 12.5. The van der Waals surface area contributed by atoms with Crippen LogP contribution in [0.1, 0.15) is 24.3 Å². The molecule has 1 aliphatic rings. The van der Waals surface area contributed by atoms with E-state index in [9.17, 15) is 8.42 Å². The van der Waals surface area contributed by atoms with Crippen molar-refractivity contribution in [3.05, 3.63) is 42.5 Å². The Balaban J connectivity index is 1.83. The molecule has 2 aromatic heterocycles. The third-order valence-electron chi connectivity index (χ3n) is 3.67. The number of H-pyrrole nitrogens is 1. The Morgan fingerprint density at radius 2 is 2.10 bits per heavy atom. The van der Waals surface area contributed by atoms with Gasteiger partial charge in [-0.2, -0.15) is 9.40 Å². The van der Waals surface area contributed by atoms with Crippen LogP contribution < -0.4 is 0 Å². The molecule has 6 nitrogen and oxygen atoms in total. The van der Waals surface area contributed by atoms with Gasteiger partial charge < -0.3 is 0 Å². The van der Waals surface area contributed by atoms with E-state index in [-0.39, 0.29) is 10.8 Å². The molecule has 0 radical (unpaired) electrons. The number of hydrogen-bond acceptors (Lipinski definition) is 4. The van der Waals surface area contributed by atoms with Crippen LogP contribution >= 0.6 is 0 Å². The fourth-order valence-corrected chi connectivity index (χ4v) is 4.03. The topological polar surface area (TPSA) is 79.0 Å². The molecule has 1 atom stereocenters. The summed E-state index contributed by atoms with van der Waals surface area (Å²) in [6.07, 6.45) is 8.14. The molecule has 0 bridgehead atoms. The van der Waals surface area contributed by atoms with Gasteiger partial charge in [-0.3, -0.25) is 10.1 Å². The van der Waals surface area contributed by atoms with Crippen molar-refractivity contribution in [3.63, 3.8) is 0 Å². The number of nitrogens with zero attached hydrogens (tertiary/aromatic N) is 3. The summed E-state index contributed by atoms with van der Waals surface area (Å²) in [5.74, 6) is 0.230. The van der Waals surface area contributed by atoms with Gasteiger partial charge in [0.05, 0.1) is 6.20 Å². The number of piperidine rings is 1. The van der Waals surface area contributed by atoms with Crippen molar-refractivity contribution in [2.45, 2.75) is 23.7 Å². The predicted molar refractivity (Wildman–Crippen MR) is 73.6 cm³/mol. The lowest BCUT2D eigenvalue weighted by Crippen LogP contribution is -2.38. The Labute approximate surface area is 117 Å². The standard InChI is InChI=1S/C13H16N4O2S/c18-20(19,13-8-15-16-9-13)17-7-1-2-12(10-17)11-3-5-14-6-4-11/h3-6,8-9,12H,1-2,7,10H2,(H,15,16). The van der Waals surface area contributed by atoms with Gasteiger partial charge in [0.2, 0.25) is 10.0 Å². The van der Waals surface area contributed by atoms with Crippen molar-refractivity contribution in [1.82, 2.24) is 19.5 Å². The molecule has 0 aromatic carbocycles. The summed E-state index contributed by atoms with van der Waals surface area (Å²) in [4.78, 5) is 4.23. The van der Waals surface area contributed by atoms with Crippen molar-refractivity contribution in [2.75, 3.05) is 13.1 Å². The maximum Gasteiger partial charge on any atom is 0.246 e. The zero-order valence-corrected chi connectivity index (χ0v) is 11.8. The zero-order valence-electron chi connectivity index (χ0n) is 10.9. The lowest BCUT2D eigenvalue weighted by molar-refractivity contribution is 0.315. The Morgan fingerprint density at radius 1 is 1.30 bits per heavy atom. The van der Waals surface area contributed by atoms with E-state index >= 15 is 0 Å². The minimum absolute atomic E-state index is 0.230. The summed E-state index contributed by atoms with van der Waals surface area (Å²) in [6.45, 7) is 1.08. The van der Waals surface area contributed by atoms with E-state index in [1.54, 1.807) is 16.7 Å². The molecule has 1 aliphatic heterocycles. The molecule has 2 aromatic rings. The maximum absolute atomic E-state index is 12.5. The molecule has 0 spiro atoms. The largest absolute Gasteiger partial charge is 0.284 e. The van der Waals surface area contributed by atoms with Crippen LogP contribution in [-0.4, -0.2) is 41.0 Å². The van der Waals surface area contributed by atoms with Crippen molar-refractivity contribution in [1.29, 1.82) is 0 Å². The van der Waals surface area contributed by atoms with E-state index in [0.29, 0.717) is 13.1 Å². The number of pyridine rings is 1. The smallest absolute Gasteiger partial charge is 0.246 e. The highest BCUT2D eigenvalue weighted by atomic mass is 32.2. The van der Waals surface area contributed by atoms with Crippen molar-refractivity contribution < 1.29 is 8.42 Å². The first-order valence-electron chi connectivity index (χ1n) is 6.57. The summed E-state index contributed by atoms with van der Waals surface area (Å²) < 4.78 is 26.5. The first-order valence-corrected chi connectivity index (χ1v) is 8.01. The van der Waals surface area contributed by atoms with Crippen LogP contribution in [0.4, 0.5) is 0 Å². The quantitative estimate of drug-likeness (QED) is 0.926. The van der Waals surface area contributed by atoms with Crippen LogP contribution in [0.5, 0.6) is 0 Å². The molecule has 1 fully saturated rings. The Kier molecular flexibility index (Phi) is 3.54. The Morgan fingerprint density at radius 3 is 2.80 bits per heavy atom. The molecule has 1 unspecified atom stereocenters. The van der Waals surface area contributed by atoms with Gasteiger partial charge in [0.15, 0.2) is 0 Å². The zero-order chi connectivity index (χ0) is 14.0. The predicted octanol–water partition coefficient (Wildman–Crippen LogP) is 1.37. The SMILES string of the molecule is O=S(=O)(c1cn[nH]c1)N1CCCC(c2ccncc2)C1. The third-order valence-corrected chi connectivity index (χ3v) is 5.50. The minimum atomic E-state index is -3.44. The average Bonchev–Trinajstić information content (AvgIpc) is 3.03. The van der Waals surface area contributed by atoms with Crippen LogP contribution in [-0.2, 0) is 10.0 Å². The molecule has 0 amide bonds. The first kappa shape index (κ1) is 13.3. The monoisotopic (exact) mass is 292 g/mol. The molecule has 106 valence electrons. The molecule has 3 heterocycles. The third kappa shape index (κ3) is 2.46. The Hall–Kier alpha value is -1.73. The fraction of sp³-hybridized carbons (Fsp3) is 0.385. The Bertz CT molecular complexity index is 655.